The van der Waals surface area contributed by atoms with Gasteiger partial charge in [-0.2, -0.15) is 4.98 Å². The van der Waals surface area contributed by atoms with Crippen molar-refractivity contribution in [3.8, 4) is 11.6 Å². The first kappa shape index (κ1) is 19.4. The van der Waals surface area contributed by atoms with Crippen LogP contribution in [0.4, 0.5) is 5.95 Å². The maximum absolute atomic E-state index is 12.7. The van der Waals surface area contributed by atoms with E-state index in [1.54, 1.807) is 24.3 Å². The summed E-state index contributed by atoms with van der Waals surface area (Å²) in [6, 6.07) is 19.1. The molecule has 4 rings (SSSR count). The SMILES string of the molecule is O=S(=O)(Nc1nc(Oc2ccccc2)cc(C2CCOCC2)n1)c1ccccc1. The highest BCUT2D eigenvalue weighted by Gasteiger charge is 2.22. The largest absolute Gasteiger partial charge is 0.439 e. The van der Waals surface area contributed by atoms with Crippen molar-refractivity contribution in [1.29, 1.82) is 0 Å². The summed E-state index contributed by atoms with van der Waals surface area (Å²) in [4.78, 5) is 8.90. The molecular weight excluding hydrogens is 390 g/mol. The van der Waals surface area contributed by atoms with Crippen LogP contribution in [0.5, 0.6) is 11.6 Å². The smallest absolute Gasteiger partial charge is 0.264 e. The normalized spacial score (nSPS) is 15.0. The van der Waals surface area contributed by atoms with Gasteiger partial charge in [-0.1, -0.05) is 36.4 Å². The molecule has 1 saturated heterocycles. The number of nitrogens with zero attached hydrogens (tertiary/aromatic N) is 2. The third kappa shape index (κ3) is 4.90. The van der Waals surface area contributed by atoms with Crippen LogP contribution in [0.25, 0.3) is 0 Å². The van der Waals surface area contributed by atoms with E-state index in [1.165, 1.54) is 12.1 Å². The van der Waals surface area contributed by atoms with Crippen molar-refractivity contribution < 1.29 is 17.9 Å². The van der Waals surface area contributed by atoms with Crippen molar-refractivity contribution in [2.24, 2.45) is 0 Å². The van der Waals surface area contributed by atoms with Crippen LogP contribution in [0, 0.1) is 0 Å². The van der Waals surface area contributed by atoms with E-state index in [2.05, 4.69) is 14.7 Å². The van der Waals surface area contributed by atoms with Gasteiger partial charge in [0.2, 0.25) is 11.8 Å². The van der Waals surface area contributed by atoms with Gasteiger partial charge in [-0.05, 0) is 37.1 Å². The van der Waals surface area contributed by atoms with Crippen LogP contribution in [0.3, 0.4) is 0 Å². The summed E-state index contributed by atoms with van der Waals surface area (Å²) in [6.07, 6.45) is 1.62. The van der Waals surface area contributed by atoms with E-state index in [-0.39, 0.29) is 16.8 Å². The molecule has 29 heavy (non-hydrogen) atoms. The van der Waals surface area contributed by atoms with E-state index in [4.69, 9.17) is 9.47 Å². The number of benzene rings is 2. The molecule has 0 bridgehead atoms. The zero-order valence-electron chi connectivity index (χ0n) is 15.7. The van der Waals surface area contributed by atoms with Crippen molar-refractivity contribution in [3.63, 3.8) is 0 Å². The van der Waals surface area contributed by atoms with Crippen LogP contribution in [0.15, 0.2) is 71.6 Å². The fraction of sp³-hybridized carbons (Fsp3) is 0.238. The zero-order valence-corrected chi connectivity index (χ0v) is 16.5. The summed E-state index contributed by atoms with van der Waals surface area (Å²) < 4.78 is 39.2. The van der Waals surface area contributed by atoms with Gasteiger partial charge in [0.25, 0.3) is 10.0 Å². The summed E-state index contributed by atoms with van der Waals surface area (Å²) in [5, 5.41) is 0. The topological polar surface area (TPSA) is 90.4 Å². The molecule has 0 spiro atoms. The molecule has 7 nitrogen and oxygen atoms in total. The second-order valence-electron chi connectivity index (χ2n) is 6.67. The zero-order chi connectivity index (χ0) is 20.1. The standard InChI is InChI=1S/C21H21N3O4S/c25-29(26,18-9-5-2-6-10-18)24-21-22-19(16-11-13-27-14-12-16)15-20(23-21)28-17-7-3-1-4-8-17/h1-10,15-16H,11-14H2,(H,22,23,24). The van der Waals surface area contributed by atoms with Gasteiger partial charge in [0.1, 0.15) is 5.75 Å². The van der Waals surface area contributed by atoms with Gasteiger partial charge in [0.15, 0.2) is 0 Å². The number of hydrogen-bond donors (Lipinski definition) is 1. The highest BCUT2D eigenvalue weighted by molar-refractivity contribution is 7.92. The van der Waals surface area contributed by atoms with Gasteiger partial charge in [0, 0.05) is 25.2 Å². The molecule has 0 amide bonds. The summed E-state index contributed by atoms with van der Waals surface area (Å²) in [5.41, 5.74) is 0.736. The van der Waals surface area contributed by atoms with Gasteiger partial charge in [-0.3, -0.25) is 0 Å². The Morgan fingerprint density at radius 2 is 1.59 bits per heavy atom. The fourth-order valence-corrected chi connectivity index (χ4v) is 4.10. The number of ether oxygens (including phenoxy) is 2. The van der Waals surface area contributed by atoms with E-state index < -0.39 is 10.0 Å². The van der Waals surface area contributed by atoms with Crippen molar-refractivity contribution in [3.05, 3.63) is 72.4 Å². The highest BCUT2D eigenvalue weighted by Crippen LogP contribution is 2.30. The molecule has 1 aromatic heterocycles. The summed E-state index contributed by atoms with van der Waals surface area (Å²) in [7, 11) is -3.81. The van der Waals surface area contributed by atoms with Crippen LogP contribution < -0.4 is 9.46 Å². The lowest BCUT2D eigenvalue weighted by Gasteiger charge is -2.22. The van der Waals surface area contributed by atoms with Crippen LogP contribution in [-0.4, -0.2) is 31.6 Å². The van der Waals surface area contributed by atoms with Crippen LogP contribution >= 0.6 is 0 Å². The fourth-order valence-electron chi connectivity index (χ4n) is 3.13. The molecule has 1 aliphatic rings. The molecule has 2 aromatic carbocycles. The van der Waals surface area contributed by atoms with Crippen molar-refractivity contribution in [2.45, 2.75) is 23.7 Å². The number of rotatable bonds is 6. The van der Waals surface area contributed by atoms with E-state index in [0.29, 0.717) is 24.8 Å². The lowest BCUT2D eigenvalue weighted by Crippen LogP contribution is -2.18. The van der Waals surface area contributed by atoms with Crippen molar-refractivity contribution in [2.75, 3.05) is 17.9 Å². The number of para-hydroxylation sites is 1. The summed E-state index contributed by atoms with van der Waals surface area (Å²) >= 11 is 0. The first-order valence-electron chi connectivity index (χ1n) is 9.38. The monoisotopic (exact) mass is 411 g/mol. The van der Waals surface area contributed by atoms with E-state index in [9.17, 15) is 8.42 Å². The molecule has 1 N–H and O–H groups in total. The van der Waals surface area contributed by atoms with Crippen molar-refractivity contribution in [1.82, 2.24) is 9.97 Å². The molecule has 0 unspecified atom stereocenters. The molecule has 150 valence electrons. The number of aromatic nitrogens is 2. The van der Waals surface area contributed by atoms with Crippen molar-refractivity contribution >= 4 is 16.0 Å². The number of nitrogens with one attached hydrogen (secondary N) is 1. The van der Waals surface area contributed by atoms with Gasteiger partial charge < -0.3 is 9.47 Å². The lowest BCUT2D eigenvalue weighted by atomic mass is 9.96. The van der Waals surface area contributed by atoms with Crippen LogP contribution in [-0.2, 0) is 14.8 Å². The predicted octanol–water partition coefficient (Wildman–Crippen LogP) is 3.96. The molecule has 3 aromatic rings. The molecule has 8 heteroatoms. The molecule has 2 heterocycles. The Kier molecular flexibility index (Phi) is 5.73. The molecule has 0 atom stereocenters. The quantitative estimate of drug-likeness (QED) is 0.660. The Bertz CT molecular complexity index is 1050. The molecule has 0 radical (unpaired) electrons. The second-order valence-corrected chi connectivity index (χ2v) is 8.36. The van der Waals surface area contributed by atoms with E-state index >= 15 is 0 Å². The van der Waals surface area contributed by atoms with Gasteiger partial charge in [-0.25, -0.2) is 18.1 Å². The maximum Gasteiger partial charge on any atom is 0.264 e. The Hall–Kier alpha value is -2.97. The van der Waals surface area contributed by atoms with E-state index in [1.807, 2.05) is 30.3 Å². The predicted molar refractivity (Wildman–Crippen MR) is 109 cm³/mol. The van der Waals surface area contributed by atoms with E-state index in [0.717, 1.165) is 18.5 Å². The van der Waals surface area contributed by atoms with Gasteiger partial charge >= 0.3 is 0 Å². The van der Waals surface area contributed by atoms with Gasteiger partial charge in [0.05, 0.1) is 10.6 Å². The highest BCUT2D eigenvalue weighted by atomic mass is 32.2. The Labute approximate surface area is 169 Å². The second kappa shape index (κ2) is 8.59. The Morgan fingerprint density at radius 3 is 2.28 bits per heavy atom. The third-order valence-electron chi connectivity index (χ3n) is 4.61. The maximum atomic E-state index is 12.7. The average Bonchev–Trinajstić information content (AvgIpc) is 2.75. The van der Waals surface area contributed by atoms with Crippen LogP contribution in [0.2, 0.25) is 0 Å². The molecular formula is C21H21N3O4S. The number of hydrogen-bond acceptors (Lipinski definition) is 6. The minimum Gasteiger partial charge on any atom is -0.439 e. The molecule has 0 saturated carbocycles. The minimum absolute atomic E-state index is 0.0104. The minimum atomic E-state index is -3.81. The van der Waals surface area contributed by atoms with Crippen LogP contribution in [0.1, 0.15) is 24.5 Å². The third-order valence-corrected chi connectivity index (χ3v) is 5.95. The Balaban J connectivity index is 1.67. The Morgan fingerprint density at radius 1 is 0.931 bits per heavy atom. The lowest BCUT2D eigenvalue weighted by molar-refractivity contribution is 0.0844. The summed E-state index contributed by atoms with van der Waals surface area (Å²) in [5.74, 6) is 1.05. The molecule has 1 aliphatic heterocycles. The first-order chi connectivity index (χ1) is 14.1. The molecule has 0 aliphatic carbocycles. The molecule has 1 fully saturated rings. The summed E-state index contributed by atoms with van der Waals surface area (Å²) in [6.45, 7) is 1.29. The van der Waals surface area contributed by atoms with Gasteiger partial charge in [-0.15, -0.1) is 0 Å². The number of sulfonamides is 1. The first-order valence-corrected chi connectivity index (χ1v) is 10.9. The average molecular weight is 411 g/mol. The number of anilines is 1.